The van der Waals surface area contributed by atoms with Crippen molar-refractivity contribution in [1.29, 1.82) is 0 Å². The van der Waals surface area contributed by atoms with Gasteiger partial charge in [-0.3, -0.25) is 15.1 Å². The van der Waals surface area contributed by atoms with Crippen molar-refractivity contribution in [2.45, 2.75) is 44.8 Å². The lowest BCUT2D eigenvalue weighted by Crippen LogP contribution is -2.39. The van der Waals surface area contributed by atoms with Gasteiger partial charge in [-0.1, -0.05) is 6.07 Å². The van der Waals surface area contributed by atoms with Crippen molar-refractivity contribution in [1.82, 2.24) is 30.2 Å². The van der Waals surface area contributed by atoms with Gasteiger partial charge >= 0.3 is 6.03 Å². The lowest BCUT2D eigenvalue weighted by atomic mass is 9.93. The predicted molar refractivity (Wildman–Crippen MR) is 115 cm³/mol. The van der Waals surface area contributed by atoms with E-state index in [-0.39, 0.29) is 24.0 Å². The number of urea groups is 1. The maximum absolute atomic E-state index is 13.1. The molecule has 0 saturated heterocycles. The van der Waals surface area contributed by atoms with Crippen LogP contribution in [0.1, 0.15) is 43.1 Å². The molecule has 1 aliphatic carbocycles. The number of pyridine rings is 2. The highest BCUT2D eigenvalue weighted by Crippen LogP contribution is 2.23. The van der Waals surface area contributed by atoms with E-state index in [2.05, 4.69) is 31.0 Å². The van der Waals surface area contributed by atoms with Crippen LogP contribution in [0.5, 0.6) is 0 Å². The zero-order chi connectivity index (χ0) is 21.8. The molecule has 4 N–H and O–H groups in total. The summed E-state index contributed by atoms with van der Waals surface area (Å²) in [6.45, 7) is 2.28. The molecule has 0 atom stereocenters. The highest BCUT2D eigenvalue weighted by atomic mass is 16.3. The number of carbonyl (C=O) groups excluding carboxylic acids is 2. The van der Waals surface area contributed by atoms with Gasteiger partial charge in [-0.15, -0.1) is 5.10 Å². The van der Waals surface area contributed by atoms with E-state index < -0.39 is 6.03 Å². The number of hydrogen-bond donors (Lipinski definition) is 4. The molecule has 0 unspecified atom stereocenters. The van der Waals surface area contributed by atoms with Gasteiger partial charge in [0.05, 0.1) is 6.10 Å². The van der Waals surface area contributed by atoms with Gasteiger partial charge in [-0.2, -0.15) is 4.98 Å². The summed E-state index contributed by atoms with van der Waals surface area (Å²) in [6.07, 6.45) is 5.87. The van der Waals surface area contributed by atoms with Crippen LogP contribution in [0, 0.1) is 0 Å². The third-order valence-electron chi connectivity index (χ3n) is 5.26. The zero-order valence-electron chi connectivity index (χ0n) is 17.2. The summed E-state index contributed by atoms with van der Waals surface area (Å²) in [5.41, 5.74) is 2.33. The largest absolute Gasteiger partial charge is 0.393 e. The topological polar surface area (TPSA) is 134 Å². The van der Waals surface area contributed by atoms with Crippen LogP contribution in [-0.4, -0.2) is 55.3 Å². The molecular formula is C21H25N7O3. The molecule has 3 aromatic heterocycles. The van der Waals surface area contributed by atoms with E-state index in [0.29, 0.717) is 30.7 Å². The lowest BCUT2D eigenvalue weighted by Gasteiger charge is -2.26. The molecule has 1 fully saturated rings. The van der Waals surface area contributed by atoms with Crippen molar-refractivity contribution in [3.05, 3.63) is 42.4 Å². The van der Waals surface area contributed by atoms with E-state index >= 15 is 0 Å². The molecule has 0 radical (unpaired) electrons. The van der Waals surface area contributed by atoms with Gasteiger partial charge in [-0.25, -0.2) is 9.31 Å². The number of amides is 3. The molecule has 1 saturated carbocycles. The Morgan fingerprint density at radius 1 is 1.19 bits per heavy atom. The Morgan fingerprint density at radius 2 is 2.00 bits per heavy atom. The first-order valence-electron chi connectivity index (χ1n) is 10.4. The molecule has 3 amide bonds. The molecule has 0 spiro atoms. The van der Waals surface area contributed by atoms with E-state index in [1.807, 2.05) is 19.1 Å². The summed E-state index contributed by atoms with van der Waals surface area (Å²) in [5, 5.41) is 22.3. The summed E-state index contributed by atoms with van der Waals surface area (Å²) in [5.74, 6) is -0.185. The van der Waals surface area contributed by atoms with E-state index in [1.54, 1.807) is 24.5 Å². The second-order valence-electron chi connectivity index (χ2n) is 7.54. The molecule has 10 nitrogen and oxygen atoms in total. The predicted octanol–water partition coefficient (Wildman–Crippen LogP) is 1.97. The summed E-state index contributed by atoms with van der Waals surface area (Å²) in [4.78, 5) is 33.5. The number of aliphatic hydroxyl groups excluding tert-OH is 1. The molecular weight excluding hydrogens is 398 g/mol. The van der Waals surface area contributed by atoms with E-state index in [1.165, 1.54) is 4.52 Å². The molecule has 1 aliphatic rings. The number of aliphatic hydroxyl groups is 1. The third-order valence-corrected chi connectivity index (χ3v) is 5.26. The van der Waals surface area contributed by atoms with Crippen LogP contribution in [0.4, 0.5) is 10.7 Å². The van der Waals surface area contributed by atoms with Crippen molar-refractivity contribution in [2.24, 2.45) is 0 Å². The normalized spacial score (nSPS) is 18.5. The second-order valence-corrected chi connectivity index (χ2v) is 7.54. The second kappa shape index (κ2) is 9.09. The minimum absolute atomic E-state index is 0.00977. The van der Waals surface area contributed by atoms with Crippen LogP contribution in [0.2, 0.25) is 0 Å². The Balaban J connectivity index is 1.69. The monoisotopic (exact) mass is 423 g/mol. The molecule has 4 rings (SSSR count). The first-order valence-corrected chi connectivity index (χ1v) is 10.4. The van der Waals surface area contributed by atoms with Gasteiger partial charge in [0, 0.05) is 30.5 Å². The van der Waals surface area contributed by atoms with Crippen molar-refractivity contribution >= 4 is 23.5 Å². The quantitative estimate of drug-likeness (QED) is 0.496. The summed E-state index contributed by atoms with van der Waals surface area (Å²) >= 11 is 0. The molecule has 0 aliphatic heterocycles. The van der Waals surface area contributed by atoms with Gasteiger partial charge < -0.3 is 15.7 Å². The van der Waals surface area contributed by atoms with E-state index in [4.69, 9.17) is 0 Å². The number of carbonyl (C=O) groups is 2. The molecule has 3 heterocycles. The average Bonchev–Trinajstić information content (AvgIpc) is 3.17. The summed E-state index contributed by atoms with van der Waals surface area (Å²) in [6, 6.07) is 6.82. The van der Waals surface area contributed by atoms with Gasteiger partial charge in [0.25, 0.3) is 11.9 Å². The number of hydrogen-bond acceptors (Lipinski definition) is 6. The average molecular weight is 423 g/mol. The fourth-order valence-corrected chi connectivity index (χ4v) is 3.68. The maximum Gasteiger partial charge on any atom is 0.321 e. The van der Waals surface area contributed by atoms with Gasteiger partial charge in [0.1, 0.15) is 5.69 Å². The van der Waals surface area contributed by atoms with Gasteiger partial charge in [0.2, 0.25) is 0 Å². The molecule has 10 heteroatoms. The lowest BCUT2D eigenvalue weighted by molar-refractivity contribution is 0.0861. The highest BCUT2D eigenvalue weighted by molar-refractivity contribution is 5.95. The minimum atomic E-state index is -0.419. The first kappa shape index (κ1) is 20.7. The number of fused-ring (bicyclic) bond motifs is 1. The van der Waals surface area contributed by atoms with Crippen LogP contribution in [-0.2, 0) is 0 Å². The van der Waals surface area contributed by atoms with E-state index in [9.17, 15) is 14.7 Å². The maximum atomic E-state index is 13.1. The molecule has 0 aromatic carbocycles. The van der Waals surface area contributed by atoms with Crippen LogP contribution in [0.15, 0.2) is 36.7 Å². The Bertz CT molecular complexity index is 1080. The Labute approximate surface area is 179 Å². The third kappa shape index (κ3) is 4.80. The molecule has 0 bridgehead atoms. The van der Waals surface area contributed by atoms with Crippen molar-refractivity contribution in [3.63, 3.8) is 0 Å². The molecule has 162 valence electrons. The van der Waals surface area contributed by atoms with Gasteiger partial charge in [0.15, 0.2) is 5.65 Å². The standard InChI is InChI=1S/C21H25N7O3/c1-2-23-21(31)26-20-25-18-11-14(13-4-3-9-22-12-13)10-17(28(18)27-20)19(30)24-15-5-7-16(29)8-6-15/h3-4,9-12,15-16,29H,2,5-8H2,1H3,(H,24,30)(H2,23,26,27,31)/t15-,16-. The Hall–Kier alpha value is -3.53. The summed E-state index contributed by atoms with van der Waals surface area (Å²) in [7, 11) is 0. The SMILES string of the molecule is CCNC(=O)Nc1nc2cc(-c3cccnc3)cc(C(=O)N[C@H]3CC[C@H](O)CC3)n2n1. The zero-order valence-corrected chi connectivity index (χ0v) is 17.2. The molecule has 3 aromatic rings. The Kier molecular flexibility index (Phi) is 6.08. The van der Waals surface area contributed by atoms with Crippen LogP contribution in [0.3, 0.4) is 0 Å². The van der Waals surface area contributed by atoms with Crippen LogP contribution >= 0.6 is 0 Å². The Morgan fingerprint density at radius 3 is 2.71 bits per heavy atom. The van der Waals surface area contributed by atoms with E-state index in [0.717, 1.165) is 24.0 Å². The smallest absolute Gasteiger partial charge is 0.321 e. The fraction of sp³-hybridized carbons (Fsp3) is 0.381. The molecule has 31 heavy (non-hydrogen) atoms. The number of anilines is 1. The minimum Gasteiger partial charge on any atom is -0.393 e. The number of nitrogens with zero attached hydrogens (tertiary/aromatic N) is 4. The first-order chi connectivity index (χ1) is 15.0. The highest BCUT2D eigenvalue weighted by Gasteiger charge is 2.23. The fourth-order valence-electron chi connectivity index (χ4n) is 3.68. The van der Waals surface area contributed by atoms with Crippen LogP contribution < -0.4 is 16.0 Å². The van der Waals surface area contributed by atoms with Crippen LogP contribution in [0.25, 0.3) is 16.8 Å². The van der Waals surface area contributed by atoms with Gasteiger partial charge in [-0.05, 0) is 56.4 Å². The van der Waals surface area contributed by atoms with Crippen molar-refractivity contribution in [2.75, 3.05) is 11.9 Å². The summed E-state index contributed by atoms with van der Waals surface area (Å²) < 4.78 is 1.43. The number of nitrogens with one attached hydrogen (secondary N) is 3. The van der Waals surface area contributed by atoms with Crippen molar-refractivity contribution < 1.29 is 14.7 Å². The van der Waals surface area contributed by atoms with Crippen molar-refractivity contribution in [3.8, 4) is 11.1 Å². The number of aromatic nitrogens is 4. The number of rotatable bonds is 5.